The van der Waals surface area contributed by atoms with Crippen molar-refractivity contribution >= 4 is 38.6 Å². The van der Waals surface area contributed by atoms with Crippen LogP contribution in [0, 0.1) is 21.4 Å². The molecular formula is C9H10ClN3O4S2. The lowest BCUT2D eigenvalue weighted by molar-refractivity contribution is -0.384. The first-order valence-electron chi connectivity index (χ1n) is 5.04. The van der Waals surface area contributed by atoms with Gasteiger partial charge in [-0.2, -0.15) is 9.98 Å². The van der Waals surface area contributed by atoms with E-state index in [0.29, 0.717) is 11.3 Å². The summed E-state index contributed by atoms with van der Waals surface area (Å²) in [6.45, 7) is 3.07. The Bertz CT molecular complexity index is 649. The largest absolute Gasteiger partial charge is 0.300 e. The molecule has 19 heavy (non-hydrogen) atoms. The molecule has 1 aromatic heterocycles. The number of hydrogen-bond donors (Lipinski definition) is 1. The molecule has 0 aromatic carbocycles. The van der Waals surface area contributed by atoms with Crippen LogP contribution in [0.25, 0.3) is 0 Å². The summed E-state index contributed by atoms with van der Waals surface area (Å²) in [6.07, 6.45) is 0.254. The maximum absolute atomic E-state index is 12.0. The van der Waals surface area contributed by atoms with Crippen LogP contribution in [0.2, 0.25) is 4.34 Å². The van der Waals surface area contributed by atoms with Crippen molar-refractivity contribution in [1.82, 2.24) is 4.72 Å². The molecule has 0 aliphatic rings. The van der Waals surface area contributed by atoms with Gasteiger partial charge in [0.15, 0.2) is 4.34 Å². The first-order valence-corrected chi connectivity index (χ1v) is 7.72. The molecule has 0 bridgehead atoms. The SMILES string of the molecule is CCC(C)(C#N)NS(=O)(=O)c1cc([N+](=O)[O-])c(Cl)s1. The minimum absolute atomic E-state index is 0.222. The number of nitro groups is 1. The zero-order valence-electron chi connectivity index (χ0n) is 10.0. The van der Waals surface area contributed by atoms with Crippen LogP contribution < -0.4 is 4.72 Å². The highest BCUT2D eigenvalue weighted by atomic mass is 35.5. The summed E-state index contributed by atoms with van der Waals surface area (Å²) in [4.78, 5) is 9.86. The summed E-state index contributed by atoms with van der Waals surface area (Å²) in [6, 6.07) is 2.72. The predicted molar refractivity (Wildman–Crippen MR) is 70.6 cm³/mol. The second-order valence-electron chi connectivity index (χ2n) is 3.88. The molecule has 0 saturated carbocycles. The lowest BCUT2D eigenvalue weighted by atomic mass is 10.0. The molecule has 10 heteroatoms. The van der Waals surface area contributed by atoms with Crippen LogP contribution in [-0.4, -0.2) is 18.9 Å². The van der Waals surface area contributed by atoms with Crippen LogP contribution >= 0.6 is 22.9 Å². The van der Waals surface area contributed by atoms with E-state index in [1.165, 1.54) is 6.92 Å². The first-order chi connectivity index (χ1) is 8.65. The van der Waals surface area contributed by atoms with E-state index < -0.39 is 26.2 Å². The molecular weight excluding hydrogens is 314 g/mol. The van der Waals surface area contributed by atoms with Crippen LogP contribution in [0.15, 0.2) is 10.3 Å². The highest BCUT2D eigenvalue weighted by molar-refractivity contribution is 7.91. The average molecular weight is 324 g/mol. The summed E-state index contributed by atoms with van der Waals surface area (Å²) in [5.74, 6) is 0. The number of halogens is 1. The number of rotatable bonds is 5. The third kappa shape index (κ3) is 3.42. The van der Waals surface area contributed by atoms with E-state index in [1.807, 2.05) is 6.07 Å². The third-order valence-corrected chi connectivity index (χ3v) is 5.83. The fourth-order valence-electron chi connectivity index (χ4n) is 1.12. The molecule has 7 nitrogen and oxygen atoms in total. The van der Waals surface area contributed by atoms with Crippen molar-refractivity contribution in [2.24, 2.45) is 0 Å². The Morgan fingerprint density at radius 1 is 1.68 bits per heavy atom. The van der Waals surface area contributed by atoms with E-state index in [-0.39, 0.29) is 15.0 Å². The predicted octanol–water partition coefficient (Wildman–Crippen LogP) is 2.28. The topological polar surface area (TPSA) is 113 Å². The van der Waals surface area contributed by atoms with Crippen molar-refractivity contribution in [3.8, 4) is 6.07 Å². The quantitative estimate of drug-likeness (QED) is 0.659. The zero-order valence-corrected chi connectivity index (χ0v) is 12.4. The van der Waals surface area contributed by atoms with Gasteiger partial charge in [0.2, 0.25) is 0 Å². The van der Waals surface area contributed by atoms with E-state index in [4.69, 9.17) is 16.9 Å². The fraction of sp³-hybridized carbons (Fsp3) is 0.444. The second kappa shape index (κ2) is 5.42. The van der Waals surface area contributed by atoms with E-state index in [9.17, 15) is 18.5 Å². The molecule has 1 heterocycles. The van der Waals surface area contributed by atoms with Crippen molar-refractivity contribution < 1.29 is 13.3 Å². The number of sulfonamides is 1. The van der Waals surface area contributed by atoms with Crippen LogP contribution in [0.3, 0.4) is 0 Å². The molecule has 1 atom stereocenters. The highest BCUT2D eigenvalue weighted by Crippen LogP contribution is 2.36. The monoisotopic (exact) mass is 323 g/mol. The molecule has 0 aliphatic heterocycles. The second-order valence-corrected chi connectivity index (χ2v) is 7.45. The molecule has 1 aromatic rings. The highest BCUT2D eigenvalue weighted by Gasteiger charge is 2.32. The molecule has 0 amide bonds. The third-order valence-electron chi connectivity index (χ3n) is 2.42. The van der Waals surface area contributed by atoms with E-state index >= 15 is 0 Å². The molecule has 104 valence electrons. The van der Waals surface area contributed by atoms with Crippen molar-refractivity contribution in [2.45, 2.75) is 30.0 Å². The summed E-state index contributed by atoms with van der Waals surface area (Å²) < 4.78 is 25.7. The van der Waals surface area contributed by atoms with Gasteiger partial charge in [-0.25, -0.2) is 8.42 Å². The molecule has 0 spiro atoms. The molecule has 0 aliphatic carbocycles. The Labute approximate surface area is 119 Å². The maximum Gasteiger partial charge on any atom is 0.300 e. The average Bonchev–Trinajstić information content (AvgIpc) is 2.71. The van der Waals surface area contributed by atoms with Crippen LogP contribution in [-0.2, 0) is 10.0 Å². The van der Waals surface area contributed by atoms with Crippen LogP contribution in [0.4, 0.5) is 5.69 Å². The molecule has 0 saturated heterocycles. The Morgan fingerprint density at radius 2 is 2.26 bits per heavy atom. The zero-order chi connectivity index (χ0) is 14.8. The molecule has 0 radical (unpaired) electrons. The van der Waals surface area contributed by atoms with Crippen molar-refractivity contribution in [2.75, 3.05) is 0 Å². The lowest BCUT2D eigenvalue weighted by Gasteiger charge is -2.20. The van der Waals surface area contributed by atoms with Crippen molar-refractivity contribution in [3.05, 3.63) is 20.5 Å². The first kappa shape index (κ1) is 15.8. The van der Waals surface area contributed by atoms with Gasteiger partial charge in [-0.3, -0.25) is 10.1 Å². The van der Waals surface area contributed by atoms with E-state index in [0.717, 1.165) is 6.07 Å². The summed E-state index contributed by atoms with van der Waals surface area (Å²) in [7, 11) is -4.02. The summed E-state index contributed by atoms with van der Waals surface area (Å²) in [5.41, 5.74) is -1.74. The number of nitrogens with one attached hydrogen (secondary N) is 1. The van der Waals surface area contributed by atoms with Gasteiger partial charge in [-0.1, -0.05) is 18.5 Å². The standard InChI is InChI=1S/C9H10ClN3O4S2/c1-3-9(2,5-11)12-19(16,17)7-4-6(13(14)15)8(10)18-7/h4,12H,3H2,1-2H3. The Morgan fingerprint density at radius 3 is 2.63 bits per heavy atom. The Hall–Kier alpha value is -1.21. The van der Waals surface area contributed by atoms with Crippen molar-refractivity contribution in [3.63, 3.8) is 0 Å². The molecule has 1 unspecified atom stereocenters. The Balaban J connectivity index is 3.19. The van der Waals surface area contributed by atoms with Crippen LogP contribution in [0.1, 0.15) is 20.3 Å². The number of hydrogen-bond acceptors (Lipinski definition) is 6. The van der Waals surface area contributed by atoms with Gasteiger partial charge in [0.05, 0.1) is 11.0 Å². The molecule has 1 rings (SSSR count). The van der Waals surface area contributed by atoms with E-state index in [2.05, 4.69) is 4.72 Å². The maximum atomic E-state index is 12.0. The summed E-state index contributed by atoms with van der Waals surface area (Å²) >= 11 is 6.18. The number of thiophene rings is 1. The lowest BCUT2D eigenvalue weighted by Crippen LogP contribution is -2.43. The normalized spacial score (nSPS) is 14.6. The van der Waals surface area contributed by atoms with Gasteiger partial charge in [-0.05, 0) is 13.3 Å². The number of nitrogens with zero attached hydrogens (tertiary/aromatic N) is 2. The van der Waals surface area contributed by atoms with Gasteiger partial charge < -0.3 is 0 Å². The fourth-order valence-corrected chi connectivity index (χ4v) is 4.18. The van der Waals surface area contributed by atoms with Gasteiger partial charge in [0, 0.05) is 6.07 Å². The minimum Gasteiger partial charge on any atom is -0.258 e. The molecule has 1 N–H and O–H groups in total. The van der Waals surface area contributed by atoms with E-state index in [1.54, 1.807) is 6.92 Å². The van der Waals surface area contributed by atoms with Gasteiger partial charge in [0.25, 0.3) is 15.7 Å². The minimum atomic E-state index is -4.02. The molecule has 0 fully saturated rings. The smallest absolute Gasteiger partial charge is 0.258 e. The van der Waals surface area contributed by atoms with Crippen molar-refractivity contribution in [1.29, 1.82) is 5.26 Å². The van der Waals surface area contributed by atoms with Gasteiger partial charge >= 0.3 is 0 Å². The van der Waals surface area contributed by atoms with Gasteiger partial charge in [0.1, 0.15) is 9.75 Å². The van der Waals surface area contributed by atoms with Gasteiger partial charge in [-0.15, -0.1) is 11.3 Å². The summed E-state index contributed by atoms with van der Waals surface area (Å²) in [5, 5.41) is 19.6. The Kier molecular flexibility index (Phi) is 4.52. The van der Waals surface area contributed by atoms with Crippen LogP contribution in [0.5, 0.6) is 0 Å². The number of nitriles is 1.